The lowest BCUT2D eigenvalue weighted by Crippen LogP contribution is -2.38. The van der Waals surface area contributed by atoms with Crippen LogP contribution in [0.2, 0.25) is 0 Å². The molecule has 2 aliphatic carbocycles. The van der Waals surface area contributed by atoms with E-state index in [1.54, 1.807) is 26.8 Å². The summed E-state index contributed by atoms with van der Waals surface area (Å²) in [4.78, 5) is 42.2. The number of hydrogen-bond acceptors (Lipinski definition) is 8. The zero-order chi connectivity index (χ0) is 36.0. The number of carbonyl (C=O) groups excluding carboxylic acids is 3. The highest BCUT2D eigenvalue weighted by Crippen LogP contribution is 2.45. The van der Waals surface area contributed by atoms with Crippen LogP contribution < -0.4 is 10.6 Å². The summed E-state index contributed by atoms with van der Waals surface area (Å²) >= 11 is 0. The number of para-hydroxylation sites is 1. The molecule has 0 aliphatic heterocycles. The molecule has 2 amide bonds. The average Bonchev–Trinajstić information content (AvgIpc) is 3.83. The first kappa shape index (κ1) is 36.0. The topological polar surface area (TPSA) is 145 Å². The predicted octanol–water partition coefficient (Wildman–Crippen LogP) is 7.66. The smallest absolute Gasteiger partial charge is 0.436 e. The maximum absolute atomic E-state index is 13.5. The number of amides is 2. The predicted molar refractivity (Wildman–Crippen MR) is 193 cm³/mol. The Morgan fingerprint density at radius 2 is 1.65 bits per heavy atom. The van der Waals surface area contributed by atoms with Crippen LogP contribution in [0.5, 0.6) is 0 Å². The molecule has 51 heavy (non-hydrogen) atoms. The van der Waals surface area contributed by atoms with Crippen molar-refractivity contribution >= 4 is 37.1 Å². The number of benzene rings is 3. The molecule has 0 saturated heterocycles. The summed E-state index contributed by atoms with van der Waals surface area (Å²) in [7, 11) is -2.70. The molecule has 3 N–H and O–H groups in total. The van der Waals surface area contributed by atoms with Gasteiger partial charge in [0, 0.05) is 39.3 Å². The fraction of sp³-hybridized carbons (Fsp3) is 0.359. The van der Waals surface area contributed by atoms with Crippen LogP contribution in [0.1, 0.15) is 62.8 Å². The van der Waals surface area contributed by atoms with Gasteiger partial charge in [0.15, 0.2) is 6.10 Å². The molecule has 6 rings (SSSR count). The van der Waals surface area contributed by atoms with Crippen molar-refractivity contribution in [2.75, 3.05) is 19.9 Å². The van der Waals surface area contributed by atoms with Gasteiger partial charge >= 0.3 is 20.3 Å². The van der Waals surface area contributed by atoms with Gasteiger partial charge in [0.25, 0.3) is 0 Å². The van der Waals surface area contributed by atoms with Crippen molar-refractivity contribution in [2.24, 2.45) is 11.3 Å². The summed E-state index contributed by atoms with van der Waals surface area (Å²) < 4.78 is 34.2. The molecule has 1 saturated carbocycles. The molecule has 2 aliphatic rings. The van der Waals surface area contributed by atoms with Gasteiger partial charge in [-0.25, -0.2) is 4.79 Å². The lowest BCUT2D eigenvalue weighted by atomic mass is 9.98. The molecule has 12 heteroatoms. The molecule has 0 bridgehead atoms. The Hall–Kier alpha value is -4.83. The van der Waals surface area contributed by atoms with Gasteiger partial charge in [0.1, 0.15) is 6.61 Å². The SMILES string of the molecule is CC(C)(C)C(=O)OCO[P+](=O)OC[C@H](/C=C1/CCC[C@H]1C(=O)NCCc1c[nH]c2ccccc12)NC(=O)OC1c2ccccc2-c2ccccc21. The molecule has 3 aromatic carbocycles. The number of rotatable bonds is 13. The number of ether oxygens (including phenoxy) is 2. The van der Waals surface area contributed by atoms with Gasteiger partial charge in [0.2, 0.25) is 12.7 Å². The van der Waals surface area contributed by atoms with E-state index in [4.69, 9.17) is 18.5 Å². The maximum atomic E-state index is 13.5. The summed E-state index contributed by atoms with van der Waals surface area (Å²) in [5.41, 5.74) is 6.03. The normalized spacial score (nSPS) is 17.1. The van der Waals surface area contributed by atoms with Gasteiger partial charge in [-0.1, -0.05) is 82.9 Å². The summed E-state index contributed by atoms with van der Waals surface area (Å²) in [6, 6.07) is 22.8. The highest BCUT2D eigenvalue weighted by Gasteiger charge is 2.34. The average molecular weight is 713 g/mol. The van der Waals surface area contributed by atoms with Crippen LogP contribution in [-0.2, 0) is 39.1 Å². The third-order valence-electron chi connectivity index (χ3n) is 9.13. The van der Waals surface area contributed by atoms with E-state index in [0.717, 1.165) is 50.7 Å². The zero-order valence-corrected chi connectivity index (χ0v) is 29.9. The Morgan fingerprint density at radius 1 is 0.961 bits per heavy atom. The molecule has 1 heterocycles. The number of carbonyl (C=O) groups is 3. The molecule has 1 fully saturated rings. The molecule has 0 radical (unpaired) electrons. The first-order chi connectivity index (χ1) is 24.6. The Morgan fingerprint density at radius 3 is 2.37 bits per heavy atom. The number of aromatic nitrogens is 1. The number of aromatic amines is 1. The second-order valence-electron chi connectivity index (χ2n) is 13.7. The molecular formula is C39H43N3O8P+. The van der Waals surface area contributed by atoms with E-state index < -0.39 is 44.7 Å². The van der Waals surface area contributed by atoms with Crippen LogP contribution in [0.3, 0.4) is 0 Å². The zero-order valence-electron chi connectivity index (χ0n) is 29.0. The van der Waals surface area contributed by atoms with Gasteiger partial charge in [-0.3, -0.25) is 9.59 Å². The number of nitrogens with one attached hydrogen (secondary N) is 3. The fourth-order valence-electron chi connectivity index (χ4n) is 6.59. The van der Waals surface area contributed by atoms with Gasteiger partial charge < -0.3 is 25.1 Å². The van der Waals surface area contributed by atoms with Gasteiger partial charge in [-0.15, -0.1) is 4.52 Å². The lowest BCUT2D eigenvalue weighted by molar-refractivity contribution is -0.159. The number of hydrogen-bond donors (Lipinski definition) is 3. The first-order valence-electron chi connectivity index (χ1n) is 17.2. The molecule has 11 nitrogen and oxygen atoms in total. The Labute approximate surface area is 298 Å². The van der Waals surface area contributed by atoms with E-state index in [0.29, 0.717) is 25.8 Å². The van der Waals surface area contributed by atoms with Crippen LogP contribution in [-0.4, -0.2) is 48.9 Å². The van der Waals surface area contributed by atoms with Crippen molar-refractivity contribution in [3.8, 4) is 11.1 Å². The van der Waals surface area contributed by atoms with E-state index in [-0.39, 0.29) is 18.4 Å². The summed E-state index contributed by atoms with van der Waals surface area (Å²) in [5, 5.41) is 7.07. The van der Waals surface area contributed by atoms with Crippen molar-refractivity contribution in [2.45, 2.75) is 58.6 Å². The number of alkyl carbamates (subject to hydrolysis) is 1. The van der Waals surface area contributed by atoms with Gasteiger partial charge in [-0.2, -0.15) is 0 Å². The summed E-state index contributed by atoms with van der Waals surface area (Å²) in [5.74, 6) is -0.987. The molecule has 3 atom stereocenters. The molecule has 266 valence electrons. The minimum absolute atomic E-state index is 0.0879. The quantitative estimate of drug-likeness (QED) is 0.0555. The minimum Gasteiger partial charge on any atom is -0.436 e. The maximum Gasteiger partial charge on any atom is 0.701 e. The van der Waals surface area contributed by atoms with Gasteiger partial charge in [-0.05, 0) is 69.2 Å². The van der Waals surface area contributed by atoms with Crippen molar-refractivity contribution < 1.29 is 37.5 Å². The second-order valence-corrected chi connectivity index (χ2v) is 14.7. The van der Waals surface area contributed by atoms with Crippen LogP contribution in [0.15, 0.2) is 90.6 Å². The molecule has 1 aromatic heterocycles. The highest BCUT2D eigenvalue weighted by molar-refractivity contribution is 7.33. The first-order valence-corrected chi connectivity index (χ1v) is 18.3. The highest BCUT2D eigenvalue weighted by atomic mass is 31.1. The van der Waals surface area contributed by atoms with Crippen molar-refractivity contribution in [3.05, 3.63) is 107 Å². The number of fused-ring (bicyclic) bond motifs is 4. The van der Waals surface area contributed by atoms with Crippen molar-refractivity contribution in [1.29, 1.82) is 0 Å². The van der Waals surface area contributed by atoms with Crippen LogP contribution in [0, 0.1) is 11.3 Å². The van der Waals surface area contributed by atoms with E-state index in [1.807, 2.05) is 72.9 Å². The summed E-state index contributed by atoms with van der Waals surface area (Å²) in [6.07, 6.45) is 5.23. The molecular weight excluding hydrogens is 669 g/mol. The molecule has 4 aromatic rings. The summed E-state index contributed by atoms with van der Waals surface area (Å²) in [6.45, 7) is 4.76. The fourth-order valence-corrected chi connectivity index (χ4v) is 7.08. The largest absolute Gasteiger partial charge is 0.701 e. The van der Waals surface area contributed by atoms with E-state index in [1.165, 1.54) is 0 Å². The molecule has 0 spiro atoms. The van der Waals surface area contributed by atoms with Crippen LogP contribution in [0.25, 0.3) is 22.0 Å². The molecule has 1 unspecified atom stereocenters. The monoisotopic (exact) mass is 712 g/mol. The lowest BCUT2D eigenvalue weighted by Gasteiger charge is -2.20. The Bertz CT molecular complexity index is 1900. The Kier molecular flexibility index (Phi) is 11.3. The van der Waals surface area contributed by atoms with Crippen molar-refractivity contribution in [3.63, 3.8) is 0 Å². The van der Waals surface area contributed by atoms with E-state index in [9.17, 15) is 18.9 Å². The Balaban J connectivity index is 1.12. The third-order valence-corrected chi connectivity index (χ3v) is 9.81. The van der Waals surface area contributed by atoms with Gasteiger partial charge in [0.05, 0.1) is 17.4 Å². The number of esters is 1. The van der Waals surface area contributed by atoms with Crippen molar-refractivity contribution in [1.82, 2.24) is 15.6 Å². The number of H-pyrrole nitrogens is 1. The van der Waals surface area contributed by atoms with Crippen LogP contribution in [0.4, 0.5) is 4.79 Å². The standard InChI is InChI=1S/C39H42N3O8P/c1-39(2,3)37(44)47-24-49-51(46)48-23-27(42-38(45)50-35-32-15-6-4-13-30(32)31-14-5-7-16-33(31)35)21-25-11-10-17-29(25)36(43)40-20-19-26-22-41-34-18-9-8-12-28(26)34/h4-9,12-16,18,21-22,27,29,35,41H,10-11,17,19-20,23-24H2,1-3H3,(H-,40,42,43,45)/p+1/b25-21-/t27-,29+/m0/s1. The third kappa shape index (κ3) is 8.73. The van der Waals surface area contributed by atoms with Crippen LogP contribution >= 0.6 is 8.25 Å². The second kappa shape index (κ2) is 16.0. The van der Waals surface area contributed by atoms with E-state index >= 15 is 0 Å². The minimum atomic E-state index is -2.70. The van der Waals surface area contributed by atoms with E-state index in [2.05, 4.69) is 21.7 Å².